The van der Waals surface area contributed by atoms with E-state index < -0.39 is 0 Å². The highest BCUT2D eigenvalue weighted by molar-refractivity contribution is 7.50. The van der Waals surface area contributed by atoms with E-state index in [0.29, 0.717) is 0 Å². The van der Waals surface area contributed by atoms with E-state index in [1.165, 1.54) is 12.8 Å². The molecule has 0 fully saturated rings. The van der Waals surface area contributed by atoms with Gasteiger partial charge in [-0.05, 0) is 26.2 Å². The summed E-state index contributed by atoms with van der Waals surface area (Å²) in [7, 11) is -0.213. The van der Waals surface area contributed by atoms with Crippen LogP contribution in [0.4, 0.5) is 0 Å². The summed E-state index contributed by atoms with van der Waals surface area (Å²) in [5, 5.41) is 10.0. The molecule has 0 heterocycles. The van der Waals surface area contributed by atoms with Gasteiger partial charge in [0.25, 0.3) is 0 Å². The van der Waals surface area contributed by atoms with Crippen molar-refractivity contribution < 1.29 is 9.45 Å². The second-order valence-corrected chi connectivity index (χ2v) is 5.71. The Morgan fingerprint density at radius 2 is 1.60 bits per heavy atom. The Hall–Kier alpha value is -0.210. The van der Waals surface area contributed by atoms with E-state index in [4.69, 9.17) is 4.52 Å². The van der Waals surface area contributed by atoms with E-state index in [2.05, 4.69) is 13.3 Å². The molecule has 5 heteroatoms. The van der Waals surface area contributed by atoms with E-state index in [1.54, 1.807) is 0 Å². The normalized spacial score (nSPS) is 10.9. The van der Waals surface area contributed by atoms with Crippen molar-refractivity contribution in [2.75, 3.05) is 26.5 Å². The van der Waals surface area contributed by atoms with Gasteiger partial charge >= 0.3 is 0 Å². The minimum Gasteiger partial charge on any atom is -0.360 e. The quantitative estimate of drug-likeness (QED) is 0.253. The van der Waals surface area contributed by atoms with Crippen molar-refractivity contribution in [1.82, 2.24) is 0 Å². The van der Waals surface area contributed by atoms with Gasteiger partial charge in [-0.1, -0.05) is 19.3 Å². The fourth-order valence-corrected chi connectivity index (χ4v) is 1.79. The first-order chi connectivity index (χ1) is 7.13. The summed E-state index contributed by atoms with van der Waals surface area (Å²) in [4.78, 5) is 9.79. The lowest BCUT2D eigenvalue weighted by molar-refractivity contribution is -0.480. The van der Waals surface area contributed by atoms with Crippen molar-refractivity contribution >= 4 is 8.15 Å². The molecule has 0 saturated heterocycles. The molecule has 0 spiro atoms. The summed E-state index contributed by atoms with van der Waals surface area (Å²) in [6, 6.07) is 0. The average molecular weight is 235 g/mol. The zero-order valence-electron chi connectivity index (χ0n) is 9.78. The van der Waals surface area contributed by atoms with Crippen molar-refractivity contribution in [3.8, 4) is 0 Å². The monoisotopic (exact) mass is 235 g/mol. The fraction of sp³-hybridized carbons (Fsp3) is 1.00. The molecule has 0 saturated carbocycles. The molecule has 0 amide bonds. The third-order valence-electron chi connectivity index (χ3n) is 2.08. The number of nitro groups is 1. The topological polar surface area (TPSA) is 52.4 Å². The Bertz CT molecular complexity index is 165. The number of rotatable bonds is 10. The van der Waals surface area contributed by atoms with Crippen LogP contribution in [0.3, 0.4) is 0 Å². The predicted molar refractivity (Wildman–Crippen MR) is 64.3 cm³/mol. The SMILES string of the molecule is CP(C)OCCCCCCCC[N+](=O)[O-]. The minimum absolute atomic E-state index is 0.124. The Morgan fingerprint density at radius 1 is 1.07 bits per heavy atom. The Morgan fingerprint density at radius 3 is 2.13 bits per heavy atom. The molecule has 0 aliphatic carbocycles. The van der Waals surface area contributed by atoms with E-state index in [0.717, 1.165) is 32.3 Å². The lowest BCUT2D eigenvalue weighted by Crippen LogP contribution is -1.99. The van der Waals surface area contributed by atoms with Crippen molar-refractivity contribution in [2.24, 2.45) is 0 Å². The molecule has 0 aromatic heterocycles. The standard InChI is InChI=1S/C10H22NO3P/c1-15(2)14-10-8-6-4-3-5-7-9-11(12)13/h3-10H2,1-2H3. The molecule has 0 N–H and O–H groups in total. The second kappa shape index (κ2) is 10.3. The van der Waals surface area contributed by atoms with Crippen LogP contribution in [0.25, 0.3) is 0 Å². The molecule has 0 bridgehead atoms. The van der Waals surface area contributed by atoms with Gasteiger partial charge in [-0.25, -0.2) is 0 Å². The van der Waals surface area contributed by atoms with Crippen LogP contribution < -0.4 is 0 Å². The molecule has 0 aliphatic heterocycles. The van der Waals surface area contributed by atoms with Gasteiger partial charge in [-0.3, -0.25) is 10.1 Å². The van der Waals surface area contributed by atoms with Crippen LogP contribution in [-0.2, 0) is 4.52 Å². The number of unbranched alkanes of at least 4 members (excludes halogenated alkanes) is 5. The molecule has 15 heavy (non-hydrogen) atoms. The van der Waals surface area contributed by atoms with Crippen LogP contribution in [0.2, 0.25) is 0 Å². The maximum Gasteiger partial charge on any atom is 0.203 e. The highest BCUT2D eigenvalue weighted by Gasteiger charge is 1.97. The molecule has 0 atom stereocenters. The van der Waals surface area contributed by atoms with Gasteiger partial charge in [0.05, 0.1) is 6.61 Å². The summed E-state index contributed by atoms with van der Waals surface area (Å²) in [5.41, 5.74) is 0. The third kappa shape index (κ3) is 13.8. The van der Waals surface area contributed by atoms with Gasteiger partial charge in [0, 0.05) is 19.5 Å². The molecule has 0 radical (unpaired) electrons. The molecule has 0 unspecified atom stereocenters. The molecule has 0 rings (SSSR count). The van der Waals surface area contributed by atoms with Crippen molar-refractivity contribution in [2.45, 2.75) is 38.5 Å². The lowest BCUT2D eigenvalue weighted by Gasteiger charge is -2.06. The zero-order valence-corrected chi connectivity index (χ0v) is 10.7. The summed E-state index contributed by atoms with van der Waals surface area (Å²) in [5.74, 6) is 0. The minimum atomic E-state index is -0.237. The molecule has 0 aromatic rings. The van der Waals surface area contributed by atoms with Gasteiger partial charge in [-0.2, -0.15) is 0 Å². The molecule has 0 aromatic carbocycles. The Balaban J connectivity index is 2.96. The summed E-state index contributed by atoms with van der Waals surface area (Å²) >= 11 is 0. The van der Waals surface area contributed by atoms with Gasteiger partial charge in [-0.15, -0.1) is 0 Å². The van der Waals surface area contributed by atoms with E-state index in [1.807, 2.05) is 0 Å². The number of hydrogen-bond donors (Lipinski definition) is 0. The lowest BCUT2D eigenvalue weighted by atomic mass is 10.1. The maximum absolute atomic E-state index is 10.0. The van der Waals surface area contributed by atoms with Crippen molar-refractivity contribution in [3.63, 3.8) is 0 Å². The first-order valence-electron chi connectivity index (χ1n) is 5.55. The van der Waals surface area contributed by atoms with Gasteiger partial charge in [0.15, 0.2) is 0 Å². The van der Waals surface area contributed by atoms with Gasteiger partial charge in [0.2, 0.25) is 6.54 Å². The van der Waals surface area contributed by atoms with Crippen LogP contribution in [0, 0.1) is 10.1 Å². The van der Waals surface area contributed by atoms with Crippen LogP contribution in [0.5, 0.6) is 0 Å². The summed E-state index contributed by atoms with van der Waals surface area (Å²) < 4.78 is 5.48. The van der Waals surface area contributed by atoms with Gasteiger partial charge in [0.1, 0.15) is 0 Å². The fourth-order valence-electron chi connectivity index (χ4n) is 1.30. The molecular formula is C10H22NO3P. The van der Waals surface area contributed by atoms with Gasteiger partial charge < -0.3 is 4.52 Å². The van der Waals surface area contributed by atoms with Crippen LogP contribution in [0.1, 0.15) is 38.5 Å². The average Bonchev–Trinajstić information content (AvgIpc) is 2.14. The number of hydrogen-bond acceptors (Lipinski definition) is 3. The smallest absolute Gasteiger partial charge is 0.203 e. The molecule has 0 aliphatic rings. The number of nitrogens with zero attached hydrogens (tertiary/aromatic N) is 1. The highest BCUT2D eigenvalue weighted by Crippen LogP contribution is 2.25. The molecule has 4 nitrogen and oxygen atoms in total. The van der Waals surface area contributed by atoms with E-state index >= 15 is 0 Å². The third-order valence-corrected chi connectivity index (χ3v) is 2.78. The zero-order chi connectivity index (χ0) is 11.5. The van der Waals surface area contributed by atoms with Crippen molar-refractivity contribution in [1.29, 1.82) is 0 Å². The Kier molecular flexibility index (Phi) is 10.2. The van der Waals surface area contributed by atoms with Crippen LogP contribution in [0.15, 0.2) is 0 Å². The highest BCUT2D eigenvalue weighted by atomic mass is 31.1. The predicted octanol–water partition coefficient (Wildman–Crippen LogP) is 3.28. The Labute approximate surface area is 93.4 Å². The largest absolute Gasteiger partial charge is 0.360 e. The first-order valence-corrected chi connectivity index (χ1v) is 7.70. The molecular weight excluding hydrogens is 213 g/mol. The first kappa shape index (κ1) is 14.8. The molecule has 90 valence electrons. The van der Waals surface area contributed by atoms with E-state index in [9.17, 15) is 10.1 Å². The van der Waals surface area contributed by atoms with Crippen molar-refractivity contribution in [3.05, 3.63) is 10.1 Å². The van der Waals surface area contributed by atoms with Crippen LogP contribution >= 0.6 is 8.15 Å². The summed E-state index contributed by atoms with van der Waals surface area (Å²) in [6.07, 6.45) is 6.29. The van der Waals surface area contributed by atoms with E-state index in [-0.39, 0.29) is 19.6 Å². The second-order valence-electron chi connectivity index (χ2n) is 3.82. The maximum atomic E-state index is 10.0. The van der Waals surface area contributed by atoms with Crippen LogP contribution in [-0.4, -0.2) is 31.4 Å². The summed E-state index contributed by atoms with van der Waals surface area (Å²) in [6.45, 7) is 5.20.